The molecule has 0 radical (unpaired) electrons. The van der Waals surface area contributed by atoms with Crippen LogP contribution in [0.1, 0.15) is 0 Å². The minimum absolute atomic E-state index is 0.332. The number of fused-ring (bicyclic) bond motifs is 4. The molecule has 4 rings (SSSR count). The molecule has 0 atom stereocenters. The molecule has 0 saturated carbocycles. The predicted octanol–water partition coefficient (Wildman–Crippen LogP) is 4.65. The number of nitrogens with one attached hydrogen (secondary N) is 1. The van der Waals surface area contributed by atoms with Crippen molar-refractivity contribution in [2.45, 2.75) is 9.79 Å². The number of hydrogen-bond acceptors (Lipinski definition) is 4. The van der Waals surface area contributed by atoms with E-state index >= 15 is 0 Å². The highest BCUT2D eigenvalue weighted by Crippen LogP contribution is 2.45. The van der Waals surface area contributed by atoms with Crippen molar-refractivity contribution in [1.82, 2.24) is 0 Å². The molecule has 2 aromatic carbocycles. The number of para-hydroxylation sites is 1. The highest BCUT2D eigenvalue weighted by molar-refractivity contribution is 7.99. The Morgan fingerprint density at radius 2 is 2.00 bits per heavy atom. The summed E-state index contributed by atoms with van der Waals surface area (Å²) in [6, 6.07) is 13.1. The topological polar surface area (TPSA) is 42.2 Å². The van der Waals surface area contributed by atoms with Crippen molar-refractivity contribution in [3.05, 3.63) is 57.9 Å². The lowest BCUT2D eigenvalue weighted by Crippen LogP contribution is -2.10. The first-order chi connectivity index (χ1) is 9.72. The van der Waals surface area contributed by atoms with Crippen molar-refractivity contribution < 1.29 is 4.42 Å². The molecule has 2 heterocycles. The van der Waals surface area contributed by atoms with Gasteiger partial charge in [-0.2, -0.15) is 0 Å². The fourth-order valence-electron chi connectivity index (χ4n) is 2.28. The van der Waals surface area contributed by atoms with Gasteiger partial charge in [0.1, 0.15) is 10.5 Å². The van der Waals surface area contributed by atoms with Gasteiger partial charge in [0.2, 0.25) is 0 Å². The number of benzene rings is 2. The molecule has 1 aromatic heterocycles. The van der Waals surface area contributed by atoms with Gasteiger partial charge in [0, 0.05) is 15.3 Å². The smallest absolute Gasteiger partial charge is 0.352 e. The summed E-state index contributed by atoms with van der Waals surface area (Å²) < 4.78 is 5.36. The van der Waals surface area contributed by atoms with Crippen LogP contribution >= 0.6 is 23.4 Å². The highest BCUT2D eigenvalue weighted by atomic mass is 35.5. The van der Waals surface area contributed by atoms with Gasteiger partial charge in [-0.15, -0.1) is 0 Å². The molecule has 5 heteroatoms. The van der Waals surface area contributed by atoms with Gasteiger partial charge in [0.05, 0.1) is 11.4 Å². The summed E-state index contributed by atoms with van der Waals surface area (Å²) in [5.74, 6) is 0. The van der Waals surface area contributed by atoms with Crippen LogP contribution in [0.25, 0.3) is 11.0 Å². The first-order valence-electron chi connectivity index (χ1n) is 6.02. The molecule has 0 saturated heterocycles. The third-order valence-electron chi connectivity index (χ3n) is 3.18. The van der Waals surface area contributed by atoms with Gasteiger partial charge in [-0.25, -0.2) is 4.79 Å². The van der Waals surface area contributed by atoms with Crippen molar-refractivity contribution in [2.24, 2.45) is 0 Å². The van der Waals surface area contributed by atoms with E-state index in [0.717, 1.165) is 21.7 Å². The zero-order valence-electron chi connectivity index (χ0n) is 10.1. The van der Waals surface area contributed by atoms with Crippen molar-refractivity contribution in [3.63, 3.8) is 0 Å². The molecule has 3 nitrogen and oxygen atoms in total. The molecule has 0 bridgehead atoms. The van der Waals surface area contributed by atoms with E-state index in [1.165, 1.54) is 11.8 Å². The Labute approximate surface area is 123 Å². The standard InChI is InChI=1S/C15H8ClNO2S/c16-8-5-6-11-9(7-8)13-14(15(18)19-11)20-12-4-2-1-3-10(12)17-13/h1-7,17H. The molecule has 0 aliphatic carbocycles. The Balaban J connectivity index is 2.05. The van der Waals surface area contributed by atoms with Gasteiger partial charge >= 0.3 is 5.63 Å². The van der Waals surface area contributed by atoms with E-state index in [9.17, 15) is 4.79 Å². The van der Waals surface area contributed by atoms with Crippen LogP contribution < -0.4 is 10.9 Å². The second-order valence-electron chi connectivity index (χ2n) is 4.46. The summed E-state index contributed by atoms with van der Waals surface area (Å²) in [5.41, 5.74) is 1.95. The van der Waals surface area contributed by atoms with Gasteiger partial charge < -0.3 is 9.73 Å². The summed E-state index contributed by atoms with van der Waals surface area (Å²) >= 11 is 7.46. The van der Waals surface area contributed by atoms with Crippen LogP contribution in [0.4, 0.5) is 11.4 Å². The van der Waals surface area contributed by atoms with E-state index in [0.29, 0.717) is 15.5 Å². The number of anilines is 2. The second kappa shape index (κ2) is 4.30. The quantitative estimate of drug-likeness (QED) is 0.480. The largest absolute Gasteiger partial charge is 0.422 e. The van der Waals surface area contributed by atoms with E-state index in [1.807, 2.05) is 24.3 Å². The highest BCUT2D eigenvalue weighted by Gasteiger charge is 2.22. The Morgan fingerprint density at radius 3 is 2.90 bits per heavy atom. The lowest BCUT2D eigenvalue weighted by Gasteiger charge is -2.20. The normalized spacial score (nSPS) is 12.7. The van der Waals surface area contributed by atoms with Crippen LogP contribution in [-0.2, 0) is 0 Å². The number of hydrogen-bond donors (Lipinski definition) is 1. The van der Waals surface area contributed by atoms with Crippen LogP contribution in [0, 0.1) is 0 Å². The Bertz CT molecular complexity index is 904. The zero-order valence-corrected chi connectivity index (χ0v) is 11.7. The lowest BCUT2D eigenvalue weighted by molar-refractivity contribution is 0.544. The van der Waals surface area contributed by atoms with Gasteiger partial charge in [0.15, 0.2) is 0 Å². The van der Waals surface area contributed by atoms with E-state index in [-0.39, 0.29) is 5.63 Å². The van der Waals surface area contributed by atoms with Crippen LogP contribution in [0.15, 0.2) is 61.5 Å². The van der Waals surface area contributed by atoms with E-state index < -0.39 is 0 Å². The summed E-state index contributed by atoms with van der Waals surface area (Å²) in [5, 5.41) is 4.74. The molecule has 1 aliphatic heterocycles. The Kier molecular flexibility index (Phi) is 2.55. The molecule has 1 aliphatic rings. The molecule has 98 valence electrons. The van der Waals surface area contributed by atoms with E-state index in [4.69, 9.17) is 16.0 Å². The zero-order chi connectivity index (χ0) is 13.7. The monoisotopic (exact) mass is 301 g/mol. The van der Waals surface area contributed by atoms with Crippen LogP contribution in [0.3, 0.4) is 0 Å². The molecule has 3 aromatic rings. The Hall–Kier alpha value is -1.91. The van der Waals surface area contributed by atoms with Gasteiger partial charge in [-0.3, -0.25) is 0 Å². The first-order valence-corrected chi connectivity index (χ1v) is 7.22. The molecule has 1 N–H and O–H groups in total. The third-order valence-corrected chi connectivity index (χ3v) is 4.57. The maximum Gasteiger partial charge on any atom is 0.352 e. The maximum atomic E-state index is 12.1. The fourth-order valence-corrected chi connectivity index (χ4v) is 3.43. The van der Waals surface area contributed by atoms with Crippen LogP contribution in [0.5, 0.6) is 0 Å². The van der Waals surface area contributed by atoms with Gasteiger partial charge in [0.25, 0.3) is 0 Å². The van der Waals surface area contributed by atoms with Crippen LogP contribution in [-0.4, -0.2) is 0 Å². The van der Waals surface area contributed by atoms with Gasteiger partial charge in [-0.1, -0.05) is 35.5 Å². The molecule has 0 spiro atoms. The van der Waals surface area contributed by atoms with Crippen molar-refractivity contribution in [3.8, 4) is 0 Å². The molecule has 0 unspecified atom stereocenters. The average Bonchev–Trinajstić information content (AvgIpc) is 2.47. The average molecular weight is 302 g/mol. The third kappa shape index (κ3) is 1.72. The maximum absolute atomic E-state index is 12.1. The molecule has 0 fully saturated rings. The van der Waals surface area contributed by atoms with Crippen molar-refractivity contribution in [1.29, 1.82) is 0 Å². The minimum Gasteiger partial charge on any atom is -0.422 e. The van der Waals surface area contributed by atoms with Crippen LogP contribution in [0.2, 0.25) is 5.02 Å². The lowest BCUT2D eigenvalue weighted by atomic mass is 10.2. The second-order valence-corrected chi connectivity index (χ2v) is 5.95. The predicted molar refractivity (Wildman–Crippen MR) is 81.3 cm³/mol. The molecule has 20 heavy (non-hydrogen) atoms. The Morgan fingerprint density at radius 1 is 1.15 bits per heavy atom. The summed E-state index contributed by atoms with van der Waals surface area (Å²) in [6.07, 6.45) is 0. The molecular formula is C15H8ClNO2S. The van der Waals surface area contributed by atoms with Gasteiger partial charge in [-0.05, 0) is 30.3 Å². The van der Waals surface area contributed by atoms with E-state index in [1.54, 1.807) is 18.2 Å². The van der Waals surface area contributed by atoms with E-state index in [2.05, 4.69) is 5.32 Å². The fraction of sp³-hybridized carbons (Fsp3) is 0. The minimum atomic E-state index is -0.332. The van der Waals surface area contributed by atoms with Crippen molar-refractivity contribution in [2.75, 3.05) is 5.32 Å². The first kappa shape index (κ1) is 11.9. The summed E-state index contributed by atoms with van der Waals surface area (Å²) in [6.45, 7) is 0. The number of rotatable bonds is 0. The number of halogens is 1. The molecule has 0 amide bonds. The SMILES string of the molecule is O=c1oc2ccc(Cl)cc2c2c1Sc1ccccc1N2. The van der Waals surface area contributed by atoms with Crippen molar-refractivity contribution >= 4 is 45.7 Å². The summed E-state index contributed by atoms with van der Waals surface area (Å²) in [7, 11) is 0. The summed E-state index contributed by atoms with van der Waals surface area (Å²) in [4.78, 5) is 13.7. The molecular weight excluding hydrogens is 294 g/mol.